The molecular formula is C11H15N5O. The van der Waals surface area contributed by atoms with Crippen LogP contribution in [0.3, 0.4) is 0 Å². The Morgan fingerprint density at radius 2 is 2.24 bits per heavy atom. The van der Waals surface area contributed by atoms with Crippen LogP contribution in [0.25, 0.3) is 0 Å². The quantitative estimate of drug-likeness (QED) is 0.814. The van der Waals surface area contributed by atoms with E-state index in [1.165, 1.54) is 0 Å². The van der Waals surface area contributed by atoms with Crippen molar-refractivity contribution in [3.05, 3.63) is 36.0 Å². The molecular weight excluding hydrogens is 218 g/mol. The van der Waals surface area contributed by atoms with E-state index in [1.807, 2.05) is 30.1 Å². The normalized spacial score (nSPS) is 10.5. The molecule has 0 aliphatic carbocycles. The van der Waals surface area contributed by atoms with Crippen molar-refractivity contribution in [2.45, 2.75) is 13.0 Å². The molecule has 2 aromatic heterocycles. The first-order valence-corrected chi connectivity index (χ1v) is 5.43. The van der Waals surface area contributed by atoms with Crippen molar-refractivity contribution in [3.8, 4) is 0 Å². The zero-order valence-corrected chi connectivity index (χ0v) is 9.71. The SMILES string of the molecule is CN(CCc1ccccn1)c1nnc(CN)o1. The summed E-state index contributed by atoms with van der Waals surface area (Å²) in [6, 6.07) is 6.36. The van der Waals surface area contributed by atoms with Crippen LogP contribution in [0.1, 0.15) is 11.6 Å². The number of hydrogen-bond donors (Lipinski definition) is 1. The van der Waals surface area contributed by atoms with Gasteiger partial charge in [0.15, 0.2) is 0 Å². The minimum absolute atomic E-state index is 0.265. The molecule has 6 nitrogen and oxygen atoms in total. The zero-order valence-electron chi connectivity index (χ0n) is 9.71. The third kappa shape index (κ3) is 3.01. The minimum atomic E-state index is 0.265. The van der Waals surface area contributed by atoms with Crippen LogP contribution in [-0.2, 0) is 13.0 Å². The summed E-state index contributed by atoms with van der Waals surface area (Å²) in [7, 11) is 1.90. The van der Waals surface area contributed by atoms with Crippen molar-refractivity contribution in [3.63, 3.8) is 0 Å². The molecule has 2 aromatic rings. The molecule has 0 aromatic carbocycles. The predicted octanol–water partition coefficient (Wildman–Crippen LogP) is 0.602. The standard InChI is InChI=1S/C11H15N5O/c1-16(11-15-14-10(8-12)17-11)7-5-9-4-2-3-6-13-9/h2-4,6H,5,7-8,12H2,1H3. The minimum Gasteiger partial charge on any atom is -0.407 e. The lowest BCUT2D eigenvalue weighted by Gasteiger charge is -2.12. The Morgan fingerprint density at radius 1 is 1.35 bits per heavy atom. The van der Waals surface area contributed by atoms with Crippen LogP contribution in [0.4, 0.5) is 6.01 Å². The van der Waals surface area contributed by atoms with Gasteiger partial charge < -0.3 is 15.1 Å². The van der Waals surface area contributed by atoms with Gasteiger partial charge in [-0.3, -0.25) is 4.98 Å². The molecule has 6 heteroatoms. The summed E-state index contributed by atoms with van der Waals surface area (Å²) in [6.07, 6.45) is 2.62. The molecule has 0 fully saturated rings. The summed E-state index contributed by atoms with van der Waals surface area (Å²) in [5.41, 5.74) is 6.44. The summed E-state index contributed by atoms with van der Waals surface area (Å²) in [4.78, 5) is 6.14. The number of aromatic nitrogens is 3. The Hall–Kier alpha value is -1.95. The van der Waals surface area contributed by atoms with E-state index >= 15 is 0 Å². The average molecular weight is 233 g/mol. The molecule has 0 amide bonds. The van der Waals surface area contributed by atoms with Crippen LogP contribution < -0.4 is 10.6 Å². The third-order valence-corrected chi connectivity index (χ3v) is 2.39. The van der Waals surface area contributed by atoms with Crippen LogP contribution in [0.15, 0.2) is 28.8 Å². The second-order valence-corrected chi connectivity index (χ2v) is 3.68. The molecule has 0 aliphatic heterocycles. The first-order chi connectivity index (χ1) is 8.29. The van der Waals surface area contributed by atoms with Gasteiger partial charge in [-0.15, -0.1) is 5.10 Å². The van der Waals surface area contributed by atoms with Crippen molar-refractivity contribution < 1.29 is 4.42 Å². The van der Waals surface area contributed by atoms with Gasteiger partial charge in [0.1, 0.15) is 0 Å². The second-order valence-electron chi connectivity index (χ2n) is 3.68. The summed E-state index contributed by atoms with van der Waals surface area (Å²) >= 11 is 0. The highest BCUT2D eigenvalue weighted by molar-refractivity contribution is 5.22. The number of nitrogens with two attached hydrogens (primary N) is 1. The lowest BCUT2D eigenvalue weighted by Crippen LogP contribution is -2.20. The van der Waals surface area contributed by atoms with Gasteiger partial charge in [0.2, 0.25) is 5.89 Å². The van der Waals surface area contributed by atoms with Gasteiger partial charge in [0, 0.05) is 31.9 Å². The van der Waals surface area contributed by atoms with Crippen LogP contribution in [0.2, 0.25) is 0 Å². The maximum Gasteiger partial charge on any atom is 0.317 e. The van der Waals surface area contributed by atoms with E-state index in [-0.39, 0.29) is 6.54 Å². The highest BCUT2D eigenvalue weighted by atomic mass is 16.4. The molecule has 90 valence electrons. The molecule has 17 heavy (non-hydrogen) atoms. The zero-order chi connectivity index (χ0) is 12.1. The smallest absolute Gasteiger partial charge is 0.317 e. The van der Waals surface area contributed by atoms with Gasteiger partial charge in [-0.25, -0.2) is 0 Å². The lowest BCUT2D eigenvalue weighted by molar-refractivity contribution is 0.491. The average Bonchev–Trinajstić information content (AvgIpc) is 2.86. The molecule has 0 aliphatic rings. The Labute approximate surface area is 99.5 Å². The number of rotatable bonds is 5. The lowest BCUT2D eigenvalue weighted by atomic mass is 10.2. The third-order valence-electron chi connectivity index (χ3n) is 2.39. The predicted molar refractivity (Wildman–Crippen MR) is 63.4 cm³/mol. The highest BCUT2D eigenvalue weighted by Gasteiger charge is 2.09. The van der Waals surface area contributed by atoms with Crippen molar-refractivity contribution in [2.24, 2.45) is 5.73 Å². The van der Waals surface area contributed by atoms with Gasteiger partial charge in [-0.2, -0.15) is 0 Å². The number of hydrogen-bond acceptors (Lipinski definition) is 6. The van der Waals surface area contributed by atoms with Gasteiger partial charge in [0.25, 0.3) is 0 Å². The summed E-state index contributed by atoms with van der Waals surface area (Å²) in [5.74, 6) is 0.449. The number of pyridine rings is 1. The van der Waals surface area contributed by atoms with Gasteiger partial charge in [0.05, 0.1) is 6.54 Å². The van der Waals surface area contributed by atoms with Crippen LogP contribution in [-0.4, -0.2) is 28.8 Å². The van der Waals surface area contributed by atoms with E-state index in [9.17, 15) is 0 Å². The monoisotopic (exact) mass is 233 g/mol. The Balaban J connectivity index is 1.91. The molecule has 0 unspecified atom stereocenters. The first-order valence-electron chi connectivity index (χ1n) is 5.43. The summed E-state index contributed by atoms with van der Waals surface area (Å²) in [5, 5.41) is 7.72. The van der Waals surface area contributed by atoms with Crippen LogP contribution >= 0.6 is 0 Å². The summed E-state index contributed by atoms with van der Waals surface area (Å²) < 4.78 is 5.34. The number of nitrogens with zero attached hydrogens (tertiary/aromatic N) is 4. The maximum atomic E-state index is 5.40. The van der Waals surface area contributed by atoms with E-state index in [2.05, 4.69) is 15.2 Å². The fourth-order valence-electron chi connectivity index (χ4n) is 1.41. The molecule has 2 rings (SSSR count). The van der Waals surface area contributed by atoms with E-state index < -0.39 is 0 Å². The van der Waals surface area contributed by atoms with Gasteiger partial charge in [-0.05, 0) is 12.1 Å². The maximum absolute atomic E-state index is 5.40. The number of likely N-dealkylation sites (N-methyl/N-ethyl adjacent to an activating group) is 1. The second kappa shape index (κ2) is 5.40. The van der Waals surface area contributed by atoms with Crippen molar-refractivity contribution in [1.29, 1.82) is 0 Å². The Morgan fingerprint density at radius 3 is 2.88 bits per heavy atom. The number of anilines is 1. The molecule has 0 atom stereocenters. The topological polar surface area (TPSA) is 81.1 Å². The molecule has 2 heterocycles. The molecule has 0 saturated carbocycles. The van der Waals surface area contributed by atoms with E-state index in [0.717, 1.165) is 18.7 Å². The van der Waals surface area contributed by atoms with Crippen LogP contribution in [0, 0.1) is 0 Å². The molecule has 0 bridgehead atoms. The molecule has 0 radical (unpaired) electrons. The molecule has 0 spiro atoms. The highest BCUT2D eigenvalue weighted by Crippen LogP contribution is 2.10. The van der Waals surface area contributed by atoms with Gasteiger partial charge in [-0.1, -0.05) is 11.2 Å². The largest absolute Gasteiger partial charge is 0.407 e. The fraction of sp³-hybridized carbons (Fsp3) is 0.364. The Bertz CT molecular complexity index is 456. The van der Waals surface area contributed by atoms with Crippen molar-refractivity contribution >= 4 is 6.01 Å². The van der Waals surface area contributed by atoms with E-state index in [1.54, 1.807) is 6.20 Å². The first kappa shape index (κ1) is 11.5. The molecule has 0 saturated heterocycles. The van der Waals surface area contributed by atoms with Crippen molar-refractivity contribution in [1.82, 2.24) is 15.2 Å². The molecule has 2 N–H and O–H groups in total. The van der Waals surface area contributed by atoms with Crippen LogP contribution in [0.5, 0.6) is 0 Å². The Kier molecular flexibility index (Phi) is 3.66. The van der Waals surface area contributed by atoms with Crippen molar-refractivity contribution in [2.75, 3.05) is 18.5 Å². The van der Waals surface area contributed by atoms with E-state index in [4.69, 9.17) is 10.2 Å². The summed E-state index contributed by atoms with van der Waals surface area (Å²) in [6.45, 7) is 1.03. The van der Waals surface area contributed by atoms with Gasteiger partial charge >= 0.3 is 6.01 Å². The fourth-order valence-corrected chi connectivity index (χ4v) is 1.41. The van der Waals surface area contributed by atoms with E-state index in [0.29, 0.717) is 11.9 Å².